The fourth-order valence-electron chi connectivity index (χ4n) is 4.51. The van der Waals surface area contributed by atoms with Gasteiger partial charge in [0, 0.05) is 27.1 Å². The van der Waals surface area contributed by atoms with Crippen molar-refractivity contribution in [1.82, 2.24) is 9.97 Å². The molecule has 0 radical (unpaired) electrons. The minimum Gasteiger partial charge on any atom is -0.495 e. The van der Waals surface area contributed by atoms with Crippen LogP contribution in [0.25, 0.3) is 32.2 Å². The first-order chi connectivity index (χ1) is 16.2. The van der Waals surface area contributed by atoms with E-state index in [-0.39, 0.29) is 11.7 Å². The smallest absolute Gasteiger partial charge is 0.234 e. The van der Waals surface area contributed by atoms with Crippen molar-refractivity contribution in [2.75, 3.05) is 18.2 Å². The number of amides is 1. The summed E-state index contributed by atoms with van der Waals surface area (Å²) < 4.78 is 11.5. The highest BCUT2D eigenvalue weighted by Gasteiger charge is 2.21. The van der Waals surface area contributed by atoms with Gasteiger partial charge in [0.1, 0.15) is 33.1 Å². The summed E-state index contributed by atoms with van der Waals surface area (Å²) in [6, 6.07) is 11.6. The largest absolute Gasteiger partial charge is 0.495 e. The number of hydrogen-bond donors (Lipinski definition) is 1. The summed E-state index contributed by atoms with van der Waals surface area (Å²) in [5.41, 5.74) is 3.49. The molecular formula is C25H21N3O3S2. The van der Waals surface area contributed by atoms with Gasteiger partial charge in [-0.15, -0.1) is 11.3 Å². The van der Waals surface area contributed by atoms with Crippen LogP contribution in [0.3, 0.4) is 0 Å². The van der Waals surface area contributed by atoms with Gasteiger partial charge in [0.25, 0.3) is 0 Å². The average Bonchev–Trinajstić information content (AvgIpc) is 3.40. The van der Waals surface area contributed by atoms with Crippen LogP contribution in [0.5, 0.6) is 5.75 Å². The van der Waals surface area contributed by atoms with E-state index < -0.39 is 0 Å². The van der Waals surface area contributed by atoms with Gasteiger partial charge >= 0.3 is 0 Å². The second-order valence-electron chi connectivity index (χ2n) is 8.05. The molecule has 0 fully saturated rings. The zero-order chi connectivity index (χ0) is 22.4. The van der Waals surface area contributed by atoms with E-state index >= 15 is 0 Å². The fourth-order valence-corrected chi connectivity index (χ4v) is 6.63. The van der Waals surface area contributed by atoms with E-state index in [1.165, 1.54) is 35.0 Å². The van der Waals surface area contributed by atoms with Crippen LogP contribution >= 0.6 is 23.1 Å². The molecule has 1 aliphatic carbocycles. The number of hydrogen-bond acceptors (Lipinski definition) is 7. The van der Waals surface area contributed by atoms with Crippen LogP contribution in [0.1, 0.15) is 23.3 Å². The number of carbonyl (C=O) groups excluding carboxylic acids is 1. The summed E-state index contributed by atoms with van der Waals surface area (Å²) in [5.74, 6) is 0.728. The molecule has 0 aliphatic heterocycles. The van der Waals surface area contributed by atoms with Crippen molar-refractivity contribution in [2.24, 2.45) is 0 Å². The third-order valence-corrected chi connectivity index (χ3v) is 8.22. The maximum atomic E-state index is 12.9. The zero-order valence-corrected chi connectivity index (χ0v) is 19.6. The van der Waals surface area contributed by atoms with Gasteiger partial charge in [-0.1, -0.05) is 30.0 Å². The maximum absolute atomic E-state index is 12.9. The number of nitrogens with zero attached hydrogens (tertiary/aromatic N) is 2. The van der Waals surface area contributed by atoms with Crippen LogP contribution in [0, 0.1) is 0 Å². The van der Waals surface area contributed by atoms with Gasteiger partial charge < -0.3 is 14.5 Å². The van der Waals surface area contributed by atoms with Crippen LogP contribution in [-0.2, 0) is 17.6 Å². The number of aromatic nitrogens is 2. The van der Waals surface area contributed by atoms with Crippen molar-refractivity contribution in [3.63, 3.8) is 0 Å². The molecule has 0 spiro atoms. The number of fused-ring (bicyclic) bond motifs is 6. The van der Waals surface area contributed by atoms with E-state index in [1.807, 2.05) is 36.4 Å². The number of methoxy groups -OCH3 is 1. The number of ether oxygens (including phenoxy) is 1. The van der Waals surface area contributed by atoms with Crippen LogP contribution in [0.4, 0.5) is 5.69 Å². The van der Waals surface area contributed by atoms with E-state index in [2.05, 4.69) is 15.3 Å². The molecule has 5 aromatic rings. The van der Waals surface area contributed by atoms with Crippen LogP contribution in [0.15, 0.2) is 52.2 Å². The number of thiophene rings is 1. The molecular weight excluding hydrogens is 454 g/mol. The second kappa shape index (κ2) is 8.35. The molecule has 3 aromatic heterocycles. The summed E-state index contributed by atoms with van der Waals surface area (Å²) in [6.07, 6.45) is 6.21. The number of carbonyl (C=O) groups is 1. The Morgan fingerprint density at radius 3 is 2.94 bits per heavy atom. The summed E-state index contributed by atoms with van der Waals surface area (Å²) in [4.78, 5) is 24.3. The molecule has 1 aliphatic rings. The van der Waals surface area contributed by atoms with Gasteiger partial charge in [0.15, 0.2) is 0 Å². The SMILES string of the molecule is COc1cc2c(cc1NC(=O)CSc1ncnc3sc4c(c13)CCCC4)oc1ccccc12. The third kappa shape index (κ3) is 3.63. The molecule has 0 saturated carbocycles. The highest BCUT2D eigenvalue weighted by molar-refractivity contribution is 8.00. The number of anilines is 1. The highest BCUT2D eigenvalue weighted by Crippen LogP contribution is 2.40. The second-order valence-corrected chi connectivity index (χ2v) is 10.1. The third-order valence-electron chi connectivity index (χ3n) is 6.03. The Kier molecular flexibility index (Phi) is 5.19. The lowest BCUT2D eigenvalue weighted by Crippen LogP contribution is -2.15. The normalized spacial score (nSPS) is 13.5. The molecule has 3 heterocycles. The number of para-hydroxylation sites is 1. The van der Waals surface area contributed by atoms with Crippen molar-refractivity contribution in [2.45, 2.75) is 30.7 Å². The molecule has 8 heteroatoms. The van der Waals surface area contributed by atoms with E-state index in [0.717, 1.165) is 44.4 Å². The molecule has 1 amide bonds. The van der Waals surface area contributed by atoms with Gasteiger partial charge in [-0.2, -0.15) is 0 Å². The minimum atomic E-state index is -0.121. The van der Waals surface area contributed by atoms with Crippen LogP contribution < -0.4 is 10.1 Å². The highest BCUT2D eigenvalue weighted by atomic mass is 32.2. The Balaban J connectivity index is 1.25. The number of aryl methyl sites for hydroxylation is 2. The molecule has 0 atom stereocenters. The zero-order valence-electron chi connectivity index (χ0n) is 18.0. The van der Waals surface area contributed by atoms with Crippen molar-refractivity contribution < 1.29 is 13.9 Å². The van der Waals surface area contributed by atoms with Gasteiger partial charge in [-0.3, -0.25) is 4.79 Å². The van der Waals surface area contributed by atoms with Crippen LogP contribution in [-0.4, -0.2) is 28.7 Å². The quantitative estimate of drug-likeness (QED) is 0.241. The number of furan rings is 1. The average molecular weight is 476 g/mol. The molecule has 0 bridgehead atoms. The Morgan fingerprint density at radius 1 is 1.15 bits per heavy atom. The van der Waals surface area contributed by atoms with E-state index in [4.69, 9.17) is 9.15 Å². The molecule has 0 unspecified atom stereocenters. The predicted molar refractivity (Wildman–Crippen MR) is 134 cm³/mol. The fraction of sp³-hybridized carbons (Fsp3) is 0.240. The first-order valence-electron chi connectivity index (χ1n) is 10.9. The number of benzene rings is 2. The lowest BCUT2D eigenvalue weighted by atomic mass is 9.97. The molecule has 6 rings (SSSR count). The summed E-state index contributed by atoms with van der Waals surface area (Å²) in [6.45, 7) is 0. The minimum absolute atomic E-state index is 0.121. The first-order valence-corrected chi connectivity index (χ1v) is 12.7. The number of thioether (sulfide) groups is 1. The summed E-state index contributed by atoms with van der Waals surface area (Å²) in [5, 5.41) is 6.98. The lowest BCUT2D eigenvalue weighted by molar-refractivity contribution is -0.113. The monoisotopic (exact) mass is 475 g/mol. The number of rotatable bonds is 5. The first kappa shape index (κ1) is 20.5. The molecule has 166 valence electrons. The van der Waals surface area contributed by atoms with Gasteiger partial charge in [-0.05, 0) is 43.4 Å². The van der Waals surface area contributed by atoms with Crippen molar-refractivity contribution in [3.8, 4) is 5.75 Å². The standard InChI is InChI=1S/C25H21N3O3S2/c1-30-20-10-16-14-6-2-4-8-18(14)31-19(16)11-17(20)28-22(29)12-32-24-23-15-7-3-5-9-21(15)33-25(23)27-13-26-24/h2,4,6,8,10-11,13H,3,5,7,9,12H2,1H3,(H,28,29). The van der Waals surface area contributed by atoms with Gasteiger partial charge in [0.05, 0.1) is 18.6 Å². The summed E-state index contributed by atoms with van der Waals surface area (Å²) >= 11 is 3.22. The van der Waals surface area contributed by atoms with Crippen molar-refractivity contribution in [3.05, 3.63) is 53.2 Å². The number of nitrogens with one attached hydrogen (secondary N) is 1. The molecule has 6 nitrogen and oxygen atoms in total. The Labute approximate surface area is 198 Å². The Bertz CT molecular complexity index is 1520. The lowest BCUT2D eigenvalue weighted by Gasteiger charge is -2.12. The molecule has 2 aromatic carbocycles. The topological polar surface area (TPSA) is 77.2 Å². The summed E-state index contributed by atoms with van der Waals surface area (Å²) in [7, 11) is 1.60. The van der Waals surface area contributed by atoms with Crippen LogP contribution in [0.2, 0.25) is 0 Å². The predicted octanol–water partition coefficient (Wildman–Crippen LogP) is 6.21. The maximum Gasteiger partial charge on any atom is 0.234 e. The molecule has 1 N–H and O–H groups in total. The Morgan fingerprint density at radius 2 is 2.03 bits per heavy atom. The molecule has 0 saturated heterocycles. The van der Waals surface area contributed by atoms with E-state index in [1.54, 1.807) is 24.8 Å². The van der Waals surface area contributed by atoms with Crippen molar-refractivity contribution >= 4 is 66.8 Å². The van der Waals surface area contributed by atoms with Crippen molar-refractivity contribution in [1.29, 1.82) is 0 Å². The van der Waals surface area contributed by atoms with Gasteiger partial charge in [0.2, 0.25) is 5.91 Å². The molecule has 33 heavy (non-hydrogen) atoms. The van der Waals surface area contributed by atoms with E-state index in [0.29, 0.717) is 17.0 Å². The Hall–Kier alpha value is -3.10. The van der Waals surface area contributed by atoms with E-state index in [9.17, 15) is 4.79 Å². The van der Waals surface area contributed by atoms with Gasteiger partial charge in [-0.25, -0.2) is 9.97 Å².